The smallest absolute Gasteiger partial charge is 0.261 e. The van der Waals surface area contributed by atoms with E-state index in [1.807, 2.05) is 6.92 Å². The number of hydrogen-bond donors (Lipinski definition) is 1. The van der Waals surface area contributed by atoms with E-state index in [1.54, 1.807) is 19.1 Å². The molecule has 0 aliphatic rings. The van der Waals surface area contributed by atoms with E-state index < -0.39 is 0 Å². The van der Waals surface area contributed by atoms with Gasteiger partial charge in [-0.15, -0.1) is 0 Å². The van der Waals surface area contributed by atoms with E-state index in [2.05, 4.69) is 10.1 Å². The fraction of sp³-hybridized carbons (Fsp3) is 0.273. The lowest BCUT2D eigenvalue weighted by molar-refractivity contribution is 0.371. The van der Waals surface area contributed by atoms with Gasteiger partial charge in [0.25, 0.3) is 5.89 Å². The highest BCUT2D eigenvalue weighted by atomic mass is 16.5. The van der Waals surface area contributed by atoms with Crippen molar-refractivity contribution in [2.75, 3.05) is 7.11 Å². The van der Waals surface area contributed by atoms with Crippen molar-refractivity contribution >= 4 is 0 Å². The van der Waals surface area contributed by atoms with Crippen LogP contribution < -0.4 is 4.74 Å². The fourth-order valence-corrected chi connectivity index (χ4v) is 1.47. The van der Waals surface area contributed by atoms with Crippen molar-refractivity contribution in [2.45, 2.75) is 13.8 Å². The molecule has 0 fully saturated rings. The summed E-state index contributed by atoms with van der Waals surface area (Å²) in [7, 11) is 1.50. The summed E-state index contributed by atoms with van der Waals surface area (Å²) in [5.41, 5.74) is 1.43. The Morgan fingerprint density at radius 3 is 2.62 bits per heavy atom. The van der Waals surface area contributed by atoms with Crippen LogP contribution in [-0.2, 0) is 0 Å². The predicted molar refractivity (Wildman–Crippen MR) is 57.4 cm³/mol. The maximum absolute atomic E-state index is 9.92. The van der Waals surface area contributed by atoms with Crippen molar-refractivity contribution in [3.05, 3.63) is 23.5 Å². The highest BCUT2D eigenvalue weighted by Gasteiger charge is 2.15. The molecule has 0 aliphatic carbocycles. The number of rotatable bonds is 2. The monoisotopic (exact) mass is 220 g/mol. The topological polar surface area (TPSA) is 68.4 Å². The number of ether oxygens (including phenoxy) is 1. The third kappa shape index (κ3) is 1.71. The van der Waals surface area contributed by atoms with Crippen molar-refractivity contribution < 1.29 is 14.4 Å². The van der Waals surface area contributed by atoms with Crippen LogP contribution in [0.1, 0.15) is 11.4 Å². The summed E-state index contributed by atoms with van der Waals surface area (Å²) >= 11 is 0. The zero-order valence-corrected chi connectivity index (χ0v) is 9.31. The molecule has 0 amide bonds. The summed E-state index contributed by atoms with van der Waals surface area (Å²) in [5.74, 6) is 1.22. The van der Waals surface area contributed by atoms with Crippen LogP contribution >= 0.6 is 0 Å². The molecule has 5 heteroatoms. The second-order valence-electron chi connectivity index (χ2n) is 3.51. The number of hydrogen-bond acceptors (Lipinski definition) is 5. The zero-order chi connectivity index (χ0) is 11.7. The number of aryl methyl sites for hydroxylation is 2. The standard InChI is InChI=1S/C11H12N2O3/c1-6-4-8(10(14)9(5-6)15-3)11-12-7(2)13-16-11/h4-5,14H,1-3H3. The second kappa shape index (κ2) is 3.84. The Morgan fingerprint density at radius 2 is 2.06 bits per heavy atom. The normalized spacial score (nSPS) is 10.4. The molecule has 84 valence electrons. The molecule has 1 heterocycles. The number of phenolic OH excluding ortho intramolecular Hbond substituents is 1. The molecule has 2 aromatic rings. The fourth-order valence-electron chi connectivity index (χ4n) is 1.47. The van der Waals surface area contributed by atoms with E-state index >= 15 is 0 Å². The molecular weight excluding hydrogens is 208 g/mol. The number of benzene rings is 1. The average molecular weight is 220 g/mol. The van der Waals surface area contributed by atoms with Gasteiger partial charge in [0.15, 0.2) is 17.3 Å². The molecule has 0 unspecified atom stereocenters. The molecule has 16 heavy (non-hydrogen) atoms. The van der Waals surface area contributed by atoms with Crippen molar-refractivity contribution in [2.24, 2.45) is 0 Å². The molecule has 1 aromatic heterocycles. The maximum Gasteiger partial charge on any atom is 0.261 e. The van der Waals surface area contributed by atoms with E-state index in [0.717, 1.165) is 5.56 Å². The van der Waals surface area contributed by atoms with Crippen molar-refractivity contribution in [3.8, 4) is 23.0 Å². The van der Waals surface area contributed by atoms with Crippen LogP contribution in [0.5, 0.6) is 11.5 Å². The van der Waals surface area contributed by atoms with Gasteiger partial charge in [-0.3, -0.25) is 0 Å². The summed E-state index contributed by atoms with van der Waals surface area (Å²) in [5, 5.41) is 13.6. The minimum absolute atomic E-state index is 0.0109. The third-order valence-corrected chi connectivity index (χ3v) is 2.20. The highest BCUT2D eigenvalue weighted by Crippen LogP contribution is 2.37. The van der Waals surface area contributed by atoms with Crippen molar-refractivity contribution in [1.29, 1.82) is 0 Å². The van der Waals surface area contributed by atoms with Gasteiger partial charge >= 0.3 is 0 Å². The Bertz CT molecular complexity index is 520. The molecule has 0 radical (unpaired) electrons. The van der Waals surface area contributed by atoms with Gasteiger partial charge in [-0.25, -0.2) is 0 Å². The van der Waals surface area contributed by atoms with Crippen molar-refractivity contribution in [3.63, 3.8) is 0 Å². The first kappa shape index (κ1) is 10.5. The lowest BCUT2D eigenvalue weighted by Gasteiger charge is -2.07. The Hall–Kier alpha value is -2.04. The summed E-state index contributed by atoms with van der Waals surface area (Å²) < 4.78 is 10.1. The minimum atomic E-state index is 0.0109. The quantitative estimate of drug-likeness (QED) is 0.839. The molecule has 2 rings (SSSR count). The molecule has 1 aromatic carbocycles. The Labute approximate surface area is 92.7 Å². The first-order valence-electron chi connectivity index (χ1n) is 4.80. The first-order valence-corrected chi connectivity index (χ1v) is 4.80. The van der Waals surface area contributed by atoms with Gasteiger partial charge in [0.2, 0.25) is 0 Å². The maximum atomic E-state index is 9.92. The van der Waals surface area contributed by atoms with E-state index in [-0.39, 0.29) is 11.6 Å². The van der Waals surface area contributed by atoms with Crippen molar-refractivity contribution in [1.82, 2.24) is 10.1 Å². The predicted octanol–water partition coefficient (Wildman–Crippen LogP) is 2.07. The molecule has 0 bridgehead atoms. The molecule has 1 N–H and O–H groups in total. The summed E-state index contributed by atoms with van der Waals surface area (Å²) in [6, 6.07) is 3.51. The van der Waals surface area contributed by atoms with Crippen LogP contribution in [0.3, 0.4) is 0 Å². The third-order valence-electron chi connectivity index (χ3n) is 2.20. The average Bonchev–Trinajstić information content (AvgIpc) is 2.67. The van der Waals surface area contributed by atoms with E-state index in [1.165, 1.54) is 7.11 Å². The summed E-state index contributed by atoms with van der Waals surface area (Å²) in [6.07, 6.45) is 0. The Morgan fingerprint density at radius 1 is 1.31 bits per heavy atom. The largest absolute Gasteiger partial charge is 0.504 e. The number of nitrogens with zero attached hydrogens (tertiary/aromatic N) is 2. The zero-order valence-electron chi connectivity index (χ0n) is 9.31. The van der Waals surface area contributed by atoms with Crippen LogP contribution in [0.15, 0.2) is 16.7 Å². The van der Waals surface area contributed by atoms with Gasteiger partial charge in [-0.2, -0.15) is 4.98 Å². The van der Waals surface area contributed by atoms with E-state index in [9.17, 15) is 5.11 Å². The van der Waals surface area contributed by atoms with Gasteiger partial charge in [-0.05, 0) is 31.5 Å². The van der Waals surface area contributed by atoms with Gasteiger partial charge in [0.1, 0.15) is 0 Å². The highest BCUT2D eigenvalue weighted by molar-refractivity contribution is 5.68. The minimum Gasteiger partial charge on any atom is -0.504 e. The number of aromatic hydroxyl groups is 1. The second-order valence-corrected chi connectivity index (χ2v) is 3.51. The molecular formula is C11H12N2O3. The molecule has 0 aliphatic heterocycles. The molecule has 0 saturated carbocycles. The molecule has 0 saturated heterocycles. The van der Waals surface area contributed by atoms with Gasteiger partial charge < -0.3 is 14.4 Å². The number of phenols is 1. The molecule has 0 atom stereocenters. The van der Waals surface area contributed by atoms with Crippen LogP contribution in [0, 0.1) is 13.8 Å². The first-order chi connectivity index (χ1) is 7.61. The Kier molecular flexibility index (Phi) is 2.52. The van der Waals surface area contributed by atoms with Crippen LogP contribution in [-0.4, -0.2) is 22.4 Å². The lowest BCUT2D eigenvalue weighted by atomic mass is 10.1. The van der Waals surface area contributed by atoms with Crippen LogP contribution in [0.4, 0.5) is 0 Å². The number of methoxy groups -OCH3 is 1. The summed E-state index contributed by atoms with van der Waals surface area (Å²) in [6.45, 7) is 3.62. The van der Waals surface area contributed by atoms with Gasteiger partial charge in [-0.1, -0.05) is 5.16 Å². The van der Waals surface area contributed by atoms with E-state index in [0.29, 0.717) is 17.1 Å². The van der Waals surface area contributed by atoms with Gasteiger partial charge in [0.05, 0.1) is 12.7 Å². The molecule has 5 nitrogen and oxygen atoms in total. The van der Waals surface area contributed by atoms with Crippen LogP contribution in [0.25, 0.3) is 11.5 Å². The SMILES string of the molecule is COc1cc(C)cc(-c2nc(C)no2)c1O. The van der Waals surface area contributed by atoms with Crippen LogP contribution in [0.2, 0.25) is 0 Å². The van der Waals surface area contributed by atoms with Gasteiger partial charge in [0, 0.05) is 0 Å². The lowest BCUT2D eigenvalue weighted by Crippen LogP contribution is -1.88. The van der Waals surface area contributed by atoms with E-state index in [4.69, 9.17) is 9.26 Å². The number of aromatic nitrogens is 2. The molecule has 0 spiro atoms. The Balaban J connectivity index is 2.60. The summed E-state index contributed by atoms with van der Waals surface area (Å²) in [4.78, 5) is 4.06.